The molecule has 0 aliphatic heterocycles. The molecule has 0 bridgehead atoms. The Morgan fingerprint density at radius 2 is 2.43 bits per heavy atom. The van der Waals surface area contributed by atoms with Crippen molar-refractivity contribution in [2.75, 3.05) is 7.11 Å². The van der Waals surface area contributed by atoms with Crippen LogP contribution in [0.15, 0.2) is 16.7 Å². The molecule has 0 amide bonds. The Labute approximate surface area is 89.0 Å². The maximum absolute atomic E-state index is 10.7. The summed E-state index contributed by atoms with van der Waals surface area (Å²) in [5.41, 5.74) is 5.78. The number of pyridine rings is 1. The van der Waals surface area contributed by atoms with Crippen LogP contribution >= 0.6 is 15.9 Å². The number of hydrogen-bond donors (Lipinski definition) is 2. The summed E-state index contributed by atoms with van der Waals surface area (Å²) in [6, 6.07) is 0.444. The number of aliphatic carboxylic acids is 1. The van der Waals surface area contributed by atoms with Crippen LogP contribution in [0.1, 0.15) is 11.6 Å². The van der Waals surface area contributed by atoms with Gasteiger partial charge in [-0.3, -0.25) is 4.79 Å². The molecule has 1 aromatic rings. The summed E-state index contributed by atoms with van der Waals surface area (Å²) >= 11 is 3.18. The van der Waals surface area contributed by atoms with Gasteiger partial charge in [0, 0.05) is 16.2 Å². The van der Waals surface area contributed by atoms with Crippen molar-refractivity contribution < 1.29 is 14.6 Å². The predicted octanol–water partition coefficient (Wildman–Crippen LogP) is 0.937. The van der Waals surface area contributed by atoms with Gasteiger partial charge in [-0.05, 0) is 22.0 Å². The molecule has 1 heterocycles. The molecule has 0 radical (unpaired) electrons. The van der Waals surface area contributed by atoms with Gasteiger partial charge in [-0.15, -0.1) is 0 Å². The highest BCUT2D eigenvalue weighted by Crippen LogP contribution is 2.24. The third-order valence-corrected chi connectivity index (χ3v) is 2.07. The minimum absolute atomic E-state index is 0.225. The van der Waals surface area contributed by atoms with Crippen molar-refractivity contribution in [3.8, 4) is 5.88 Å². The molecule has 5 nitrogen and oxygen atoms in total. The highest BCUT2D eigenvalue weighted by molar-refractivity contribution is 9.10. The van der Waals surface area contributed by atoms with Crippen LogP contribution in [0.25, 0.3) is 0 Å². The Morgan fingerprint density at radius 3 is 2.93 bits per heavy atom. The summed E-state index contributed by atoms with van der Waals surface area (Å²) in [4.78, 5) is 14.5. The van der Waals surface area contributed by atoms with Crippen molar-refractivity contribution in [1.29, 1.82) is 0 Å². The van der Waals surface area contributed by atoms with Crippen LogP contribution in [0, 0.1) is 0 Å². The summed E-state index contributed by atoms with van der Waals surface area (Å²) < 4.78 is 5.55. The van der Waals surface area contributed by atoms with Gasteiger partial charge in [-0.1, -0.05) is 0 Å². The normalized spacial score (nSPS) is 12.2. The SMILES string of the molecule is COc1ncc(Br)cc1C(N)C(=O)O. The summed E-state index contributed by atoms with van der Waals surface area (Å²) in [7, 11) is 1.41. The van der Waals surface area contributed by atoms with E-state index in [0.29, 0.717) is 10.0 Å². The summed E-state index contributed by atoms with van der Waals surface area (Å²) in [6.45, 7) is 0. The average molecular weight is 261 g/mol. The molecule has 0 aliphatic rings. The lowest BCUT2D eigenvalue weighted by molar-refractivity contribution is -0.138. The van der Waals surface area contributed by atoms with E-state index in [1.165, 1.54) is 13.3 Å². The first-order valence-corrected chi connectivity index (χ1v) is 4.53. The Balaban J connectivity index is 3.16. The predicted molar refractivity (Wildman–Crippen MR) is 53.1 cm³/mol. The lowest BCUT2D eigenvalue weighted by Gasteiger charge is -2.10. The molecule has 1 aromatic heterocycles. The lowest BCUT2D eigenvalue weighted by Crippen LogP contribution is -2.21. The van der Waals surface area contributed by atoms with E-state index in [0.717, 1.165) is 0 Å². The molecular weight excluding hydrogens is 252 g/mol. The zero-order valence-electron chi connectivity index (χ0n) is 7.40. The molecule has 0 saturated heterocycles. The average Bonchev–Trinajstić information content (AvgIpc) is 2.16. The smallest absolute Gasteiger partial charge is 0.325 e. The largest absolute Gasteiger partial charge is 0.481 e. The second-order valence-corrected chi connectivity index (χ2v) is 3.48. The van der Waals surface area contributed by atoms with Crippen molar-refractivity contribution in [3.63, 3.8) is 0 Å². The second-order valence-electron chi connectivity index (χ2n) is 2.57. The van der Waals surface area contributed by atoms with Crippen molar-refractivity contribution in [3.05, 3.63) is 22.3 Å². The van der Waals surface area contributed by atoms with Crippen LogP contribution in [-0.4, -0.2) is 23.2 Å². The number of methoxy groups -OCH3 is 1. The first-order valence-electron chi connectivity index (χ1n) is 3.74. The van der Waals surface area contributed by atoms with Gasteiger partial charge >= 0.3 is 5.97 Å². The van der Waals surface area contributed by atoms with Crippen molar-refractivity contribution >= 4 is 21.9 Å². The van der Waals surface area contributed by atoms with E-state index < -0.39 is 12.0 Å². The molecule has 1 atom stereocenters. The molecule has 0 aliphatic carbocycles. The number of carboxylic acids is 1. The summed E-state index contributed by atoms with van der Waals surface area (Å²) in [5, 5.41) is 8.72. The fraction of sp³-hybridized carbons (Fsp3) is 0.250. The Kier molecular flexibility index (Phi) is 3.43. The van der Waals surface area contributed by atoms with Gasteiger partial charge < -0.3 is 15.6 Å². The van der Waals surface area contributed by atoms with Crippen LogP contribution < -0.4 is 10.5 Å². The third kappa shape index (κ3) is 2.21. The standard InChI is InChI=1S/C8H9BrN2O3/c1-14-7-5(6(10)8(12)13)2-4(9)3-11-7/h2-3,6H,10H2,1H3,(H,12,13). The monoisotopic (exact) mass is 260 g/mol. The van der Waals surface area contributed by atoms with Gasteiger partial charge in [-0.2, -0.15) is 0 Å². The number of hydrogen-bond acceptors (Lipinski definition) is 4. The number of aromatic nitrogens is 1. The van der Waals surface area contributed by atoms with Crippen molar-refractivity contribution in [2.24, 2.45) is 5.73 Å². The van der Waals surface area contributed by atoms with Gasteiger partial charge in [-0.25, -0.2) is 4.98 Å². The minimum atomic E-state index is -1.13. The van der Waals surface area contributed by atoms with E-state index in [1.807, 2.05) is 0 Å². The number of carboxylic acid groups (broad SMARTS) is 1. The second kappa shape index (κ2) is 4.39. The Bertz CT molecular complexity index is 356. The van der Waals surface area contributed by atoms with Gasteiger partial charge in [0.2, 0.25) is 5.88 Å². The zero-order chi connectivity index (χ0) is 10.7. The molecule has 14 heavy (non-hydrogen) atoms. The first kappa shape index (κ1) is 10.9. The molecule has 0 spiro atoms. The van der Waals surface area contributed by atoms with Gasteiger partial charge in [0.1, 0.15) is 6.04 Å². The molecule has 3 N–H and O–H groups in total. The van der Waals surface area contributed by atoms with Gasteiger partial charge in [0.25, 0.3) is 0 Å². The lowest BCUT2D eigenvalue weighted by atomic mass is 10.1. The first-order chi connectivity index (χ1) is 6.56. The quantitative estimate of drug-likeness (QED) is 0.845. The molecule has 1 unspecified atom stereocenters. The van der Waals surface area contributed by atoms with Crippen LogP contribution in [0.2, 0.25) is 0 Å². The number of halogens is 1. The molecule has 0 fully saturated rings. The van der Waals surface area contributed by atoms with Crippen LogP contribution in [-0.2, 0) is 4.79 Å². The summed E-state index contributed by atoms with van der Waals surface area (Å²) in [5.74, 6) is -0.897. The Morgan fingerprint density at radius 1 is 1.79 bits per heavy atom. The molecular formula is C8H9BrN2O3. The zero-order valence-corrected chi connectivity index (χ0v) is 8.98. The highest BCUT2D eigenvalue weighted by Gasteiger charge is 2.19. The van der Waals surface area contributed by atoms with E-state index in [4.69, 9.17) is 15.6 Å². The van der Waals surface area contributed by atoms with E-state index in [1.54, 1.807) is 6.07 Å². The van der Waals surface area contributed by atoms with Crippen molar-refractivity contribution in [1.82, 2.24) is 4.98 Å². The molecule has 0 saturated carbocycles. The molecule has 6 heteroatoms. The van der Waals surface area contributed by atoms with E-state index in [2.05, 4.69) is 20.9 Å². The molecule has 1 rings (SSSR count). The van der Waals surface area contributed by atoms with Crippen LogP contribution in [0.5, 0.6) is 5.88 Å². The highest BCUT2D eigenvalue weighted by atomic mass is 79.9. The maximum atomic E-state index is 10.7. The van der Waals surface area contributed by atoms with Crippen LogP contribution in [0.3, 0.4) is 0 Å². The van der Waals surface area contributed by atoms with Crippen molar-refractivity contribution in [2.45, 2.75) is 6.04 Å². The summed E-state index contributed by atoms with van der Waals surface area (Å²) in [6.07, 6.45) is 1.51. The number of nitrogens with two attached hydrogens (primary N) is 1. The van der Waals surface area contributed by atoms with Crippen LogP contribution in [0.4, 0.5) is 0 Å². The topological polar surface area (TPSA) is 85.4 Å². The Hall–Kier alpha value is -1.14. The third-order valence-electron chi connectivity index (χ3n) is 1.64. The van der Waals surface area contributed by atoms with E-state index >= 15 is 0 Å². The fourth-order valence-corrected chi connectivity index (χ4v) is 1.32. The fourth-order valence-electron chi connectivity index (χ4n) is 0.969. The van der Waals surface area contributed by atoms with E-state index in [-0.39, 0.29) is 5.88 Å². The number of rotatable bonds is 3. The molecule has 0 aromatic carbocycles. The molecule has 76 valence electrons. The van der Waals surface area contributed by atoms with Gasteiger partial charge in [0.15, 0.2) is 0 Å². The number of ether oxygens (including phenoxy) is 1. The number of carbonyl (C=O) groups is 1. The minimum Gasteiger partial charge on any atom is -0.481 e. The van der Waals surface area contributed by atoms with Gasteiger partial charge in [0.05, 0.1) is 7.11 Å². The maximum Gasteiger partial charge on any atom is 0.325 e. The number of nitrogens with zero attached hydrogens (tertiary/aromatic N) is 1. The van der Waals surface area contributed by atoms with E-state index in [9.17, 15) is 4.79 Å².